The standard InChI is InChI=1S/C18H23I3O12/c19-4-1-5(20)16(33-18-14(29)12(27)10(25)7(3-23)31-18)8(21)15(4)32-17-13(28)11(26)9(24)6(2-22)30-17/h1,6-7,9-14,17-18,22-29H,2-3H2. The molecule has 0 amide bonds. The normalized spacial score (nSPS) is 39.4. The fourth-order valence-corrected chi connectivity index (χ4v) is 7.21. The Balaban J connectivity index is 1.87. The van der Waals surface area contributed by atoms with Crippen molar-refractivity contribution in [3.63, 3.8) is 0 Å². The van der Waals surface area contributed by atoms with Gasteiger partial charge in [-0.3, -0.25) is 0 Å². The quantitative estimate of drug-likeness (QED) is 0.146. The first-order chi connectivity index (χ1) is 15.5. The highest BCUT2D eigenvalue weighted by Gasteiger charge is 2.46. The zero-order valence-corrected chi connectivity index (χ0v) is 23.1. The summed E-state index contributed by atoms with van der Waals surface area (Å²) in [5.74, 6) is 0.362. The Kier molecular flexibility index (Phi) is 10.1. The summed E-state index contributed by atoms with van der Waals surface area (Å²) in [5, 5.41) is 79.3. The van der Waals surface area contributed by atoms with E-state index in [9.17, 15) is 40.9 Å². The molecule has 2 aliphatic heterocycles. The van der Waals surface area contributed by atoms with E-state index in [0.717, 1.165) is 0 Å². The molecule has 2 heterocycles. The van der Waals surface area contributed by atoms with Gasteiger partial charge in [0.15, 0.2) is 11.5 Å². The van der Waals surface area contributed by atoms with Gasteiger partial charge in [0.05, 0.1) is 23.9 Å². The summed E-state index contributed by atoms with van der Waals surface area (Å²) < 4.78 is 23.9. The van der Waals surface area contributed by atoms with Crippen molar-refractivity contribution < 1.29 is 59.8 Å². The monoisotopic (exact) mass is 812 g/mol. The molecule has 2 fully saturated rings. The van der Waals surface area contributed by atoms with Crippen LogP contribution in [0.2, 0.25) is 0 Å². The van der Waals surface area contributed by atoms with Crippen molar-refractivity contribution in [3.05, 3.63) is 16.8 Å². The Labute approximate surface area is 228 Å². The minimum atomic E-state index is -1.62. The van der Waals surface area contributed by atoms with Crippen LogP contribution in [-0.2, 0) is 9.47 Å². The van der Waals surface area contributed by atoms with Crippen molar-refractivity contribution in [2.45, 2.75) is 61.4 Å². The molecule has 10 atom stereocenters. The number of hydrogen-bond donors (Lipinski definition) is 8. The Morgan fingerprint density at radius 2 is 1.00 bits per heavy atom. The highest BCUT2D eigenvalue weighted by molar-refractivity contribution is 14.1. The Bertz CT molecular complexity index is 765. The molecule has 0 radical (unpaired) electrons. The van der Waals surface area contributed by atoms with Gasteiger partial charge in [-0.05, 0) is 73.8 Å². The van der Waals surface area contributed by atoms with Gasteiger partial charge in [-0.25, -0.2) is 0 Å². The maximum absolute atomic E-state index is 10.3. The van der Waals surface area contributed by atoms with E-state index in [1.54, 1.807) is 6.07 Å². The van der Waals surface area contributed by atoms with Crippen LogP contribution in [0.3, 0.4) is 0 Å². The van der Waals surface area contributed by atoms with Gasteiger partial charge < -0.3 is 59.8 Å². The zero-order valence-electron chi connectivity index (χ0n) is 16.6. The van der Waals surface area contributed by atoms with Crippen molar-refractivity contribution in [1.29, 1.82) is 0 Å². The fraction of sp³-hybridized carbons (Fsp3) is 0.667. The van der Waals surface area contributed by atoms with Crippen molar-refractivity contribution in [1.82, 2.24) is 0 Å². The summed E-state index contributed by atoms with van der Waals surface area (Å²) in [5.41, 5.74) is 0. The maximum atomic E-state index is 10.3. The van der Waals surface area contributed by atoms with Crippen molar-refractivity contribution in [2.75, 3.05) is 13.2 Å². The molecule has 2 saturated heterocycles. The molecule has 15 heteroatoms. The second-order valence-corrected chi connectivity index (χ2v) is 10.8. The van der Waals surface area contributed by atoms with E-state index in [1.807, 2.05) is 67.8 Å². The number of hydrogen-bond acceptors (Lipinski definition) is 12. The van der Waals surface area contributed by atoms with Crippen LogP contribution in [0.1, 0.15) is 0 Å². The smallest absolute Gasteiger partial charge is 0.229 e. The molecule has 2 aliphatic rings. The van der Waals surface area contributed by atoms with E-state index in [-0.39, 0.29) is 11.5 Å². The van der Waals surface area contributed by atoms with Gasteiger partial charge in [-0.1, -0.05) is 0 Å². The zero-order chi connectivity index (χ0) is 24.6. The van der Waals surface area contributed by atoms with Gasteiger partial charge >= 0.3 is 0 Å². The van der Waals surface area contributed by atoms with Crippen LogP contribution in [0.15, 0.2) is 6.07 Å². The molecule has 188 valence electrons. The Morgan fingerprint density at radius 1 is 0.636 bits per heavy atom. The average molecular weight is 812 g/mol. The van der Waals surface area contributed by atoms with Crippen LogP contribution < -0.4 is 9.47 Å². The average Bonchev–Trinajstić information content (AvgIpc) is 2.79. The molecule has 0 spiro atoms. The van der Waals surface area contributed by atoms with Crippen LogP contribution in [0.4, 0.5) is 0 Å². The number of rotatable bonds is 6. The van der Waals surface area contributed by atoms with Gasteiger partial charge in [-0.2, -0.15) is 0 Å². The second kappa shape index (κ2) is 11.8. The lowest BCUT2D eigenvalue weighted by molar-refractivity contribution is -0.279. The first-order valence-corrected chi connectivity index (χ1v) is 12.9. The second-order valence-electron chi connectivity index (χ2n) is 7.44. The molecular formula is C18H23I3O12. The Hall–Kier alpha value is 0.610. The number of ether oxygens (including phenoxy) is 4. The lowest BCUT2D eigenvalue weighted by Gasteiger charge is -2.40. The van der Waals surface area contributed by atoms with E-state index in [0.29, 0.717) is 10.7 Å². The van der Waals surface area contributed by atoms with Gasteiger partial charge in [0, 0.05) is 0 Å². The van der Waals surface area contributed by atoms with Crippen LogP contribution in [-0.4, -0.2) is 115 Å². The molecular weight excluding hydrogens is 789 g/mol. The van der Waals surface area contributed by atoms with Crippen LogP contribution in [0, 0.1) is 10.7 Å². The number of aliphatic hydroxyl groups excluding tert-OH is 8. The van der Waals surface area contributed by atoms with Crippen molar-refractivity contribution in [2.24, 2.45) is 0 Å². The van der Waals surface area contributed by atoms with E-state index < -0.39 is 74.6 Å². The Morgan fingerprint density at radius 3 is 1.33 bits per heavy atom. The third-order valence-electron chi connectivity index (χ3n) is 5.25. The highest BCUT2D eigenvalue weighted by Crippen LogP contribution is 2.41. The van der Waals surface area contributed by atoms with Crippen LogP contribution in [0.25, 0.3) is 0 Å². The van der Waals surface area contributed by atoms with Crippen LogP contribution in [0.5, 0.6) is 11.5 Å². The molecule has 0 saturated carbocycles. The minimum absolute atomic E-state index is 0.181. The highest BCUT2D eigenvalue weighted by atomic mass is 127. The molecule has 1 aromatic carbocycles. The molecule has 33 heavy (non-hydrogen) atoms. The van der Waals surface area contributed by atoms with E-state index in [2.05, 4.69) is 0 Å². The minimum Gasteiger partial charge on any atom is -0.460 e. The molecule has 3 rings (SSSR count). The third kappa shape index (κ3) is 5.80. The van der Waals surface area contributed by atoms with Gasteiger partial charge in [0.25, 0.3) is 0 Å². The third-order valence-corrected chi connectivity index (χ3v) is 7.83. The lowest BCUT2D eigenvalue weighted by atomic mass is 9.99. The molecule has 0 bridgehead atoms. The molecule has 8 N–H and O–H groups in total. The van der Waals surface area contributed by atoms with E-state index in [1.165, 1.54) is 0 Å². The predicted molar refractivity (Wildman–Crippen MR) is 133 cm³/mol. The molecule has 10 unspecified atom stereocenters. The summed E-state index contributed by atoms with van der Waals surface area (Å²) in [6.45, 7) is -1.23. The van der Waals surface area contributed by atoms with Crippen LogP contribution >= 0.6 is 67.8 Å². The molecule has 12 nitrogen and oxygen atoms in total. The first kappa shape index (κ1) is 28.2. The maximum Gasteiger partial charge on any atom is 0.229 e. The van der Waals surface area contributed by atoms with E-state index >= 15 is 0 Å². The predicted octanol–water partition coefficient (Wildman–Crippen LogP) is -2.14. The molecule has 0 aromatic heterocycles. The first-order valence-electron chi connectivity index (χ1n) is 9.63. The lowest BCUT2D eigenvalue weighted by Crippen LogP contribution is -2.60. The molecule has 0 aliphatic carbocycles. The summed E-state index contributed by atoms with van der Waals surface area (Å²) in [6.07, 6.45) is -14.7. The molecule has 1 aromatic rings. The van der Waals surface area contributed by atoms with Crippen molar-refractivity contribution >= 4 is 67.8 Å². The number of aliphatic hydroxyl groups is 8. The van der Waals surface area contributed by atoms with Crippen molar-refractivity contribution in [3.8, 4) is 11.5 Å². The summed E-state index contributed by atoms with van der Waals surface area (Å²) in [4.78, 5) is 0. The summed E-state index contributed by atoms with van der Waals surface area (Å²) >= 11 is 5.83. The number of halogens is 3. The SMILES string of the molecule is OCC1OC(Oc2c(I)cc(I)c(OC3OC(CO)C(O)C(O)C3O)c2I)C(O)C(O)C1O. The largest absolute Gasteiger partial charge is 0.460 e. The summed E-state index contributed by atoms with van der Waals surface area (Å²) in [6, 6.07) is 1.65. The van der Waals surface area contributed by atoms with Gasteiger partial charge in [-0.15, -0.1) is 0 Å². The summed E-state index contributed by atoms with van der Waals surface area (Å²) in [7, 11) is 0. The number of benzene rings is 1. The van der Waals surface area contributed by atoms with E-state index in [4.69, 9.17) is 18.9 Å². The fourth-order valence-electron chi connectivity index (χ4n) is 3.33. The topological polar surface area (TPSA) is 199 Å². The van der Waals surface area contributed by atoms with Gasteiger partial charge in [0.1, 0.15) is 48.8 Å². The van der Waals surface area contributed by atoms with Gasteiger partial charge in [0.2, 0.25) is 12.6 Å².